The van der Waals surface area contributed by atoms with Crippen molar-refractivity contribution in [1.29, 1.82) is 0 Å². The molecule has 2 saturated heterocycles. The fraction of sp³-hybridized carbons (Fsp3) is 0.583. The molecule has 2 aliphatic rings. The molecule has 0 saturated carbocycles. The summed E-state index contributed by atoms with van der Waals surface area (Å²) in [5.74, 6) is -0.665. The first kappa shape index (κ1) is 26.0. The summed E-state index contributed by atoms with van der Waals surface area (Å²) in [5.41, 5.74) is 1.25. The van der Waals surface area contributed by atoms with Crippen LogP contribution in [-0.4, -0.2) is 66.5 Å². The zero-order valence-electron chi connectivity index (χ0n) is 20.0. The number of halogens is 1. The maximum absolute atomic E-state index is 13.4. The highest BCUT2D eigenvalue weighted by molar-refractivity contribution is 7.90. The lowest BCUT2D eigenvalue weighted by molar-refractivity contribution is 0.0862. The minimum Gasteiger partial charge on any atom is -0.376 e. The van der Waals surface area contributed by atoms with Gasteiger partial charge in [-0.3, -0.25) is 0 Å². The average Bonchev–Trinajstić information content (AvgIpc) is 3.59. The van der Waals surface area contributed by atoms with Gasteiger partial charge in [0.2, 0.25) is 15.0 Å². The van der Waals surface area contributed by atoms with Crippen molar-refractivity contribution in [3.05, 3.63) is 47.5 Å². The maximum Gasteiger partial charge on any atom is 0.228 e. The fourth-order valence-electron chi connectivity index (χ4n) is 4.53. The summed E-state index contributed by atoms with van der Waals surface area (Å²) in [5, 5.41) is 3.80. The van der Waals surface area contributed by atoms with Crippen molar-refractivity contribution >= 4 is 27.2 Å². The Bertz CT molecular complexity index is 1100. The van der Waals surface area contributed by atoms with E-state index in [-0.39, 0.29) is 23.1 Å². The van der Waals surface area contributed by atoms with Gasteiger partial charge in [-0.2, -0.15) is 0 Å². The van der Waals surface area contributed by atoms with Crippen molar-refractivity contribution in [1.82, 2.24) is 19.8 Å². The third kappa shape index (κ3) is 6.78. The standard InChI is InChI=1S/C24H33FN4O4S2/c1-2-26-23(34)28(15-21-5-3-11-32-21)14-20-13-27-24(29(20)16-22-6-4-12-33-22)35(30,31)17-18-7-9-19(25)10-8-18/h7-10,13,21-22H,2-6,11-12,14-17H2,1H3,(H,26,34)/t21-,22+/m0/s1. The van der Waals surface area contributed by atoms with Gasteiger partial charge in [-0.05, 0) is 62.5 Å². The Morgan fingerprint density at radius 2 is 1.89 bits per heavy atom. The normalized spacial score (nSPS) is 20.3. The van der Waals surface area contributed by atoms with E-state index in [2.05, 4.69) is 10.3 Å². The van der Waals surface area contributed by atoms with Gasteiger partial charge in [0.15, 0.2) is 5.11 Å². The van der Waals surface area contributed by atoms with E-state index in [1.807, 2.05) is 11.8 Å². The number of hydrogen-bond donors (Lipinski definition) is 1. The first-order valence-electron chi connectivity index (χ1n) is 12.1. The molecule has 0 spiro atoms. The molecule has 1 aromatic carbocycles. The summed E-state index contributed by atoms with van der Waals surface area (Å²) in [6, 6.07) is 5.50. The predicted octanol–water partition coefficient (Wildman–Crippen LogP) is 3.05. The van der Waals surface area contributed by atoms with E-state index in [1.54, 1.807) is 10.8 Å². The van der Waals surface area contributed by atoms with Crippen LogP contribution in [0.2, 0.25) is 0 Å². The zero-order valence-corrected chi connectivity index (χ0v) is 21.6. The second kappa shape index (κ2) is 11.8. The number of nitrogens with zero attached hydrogens (tertiary/aromatic N) is 3. The van der Waals surface area contributed by atoms with E-state index in [1.165, 1.54) is 24.3 Å². The molecule has 192 valence electrons. The number of thiocarbonyl (C=S) groups is 1. The SMILES string of the molecule is CCNC(=S)N(Cc1cnc(S(=O)(=O)Cc2ccc(F)cc2)n1C[C@H]1CCCO1)C[C@@H]1CCCO1. The molecule has 0 aliphatic carbocycles. The van der Waals surface area contributed by atoms with Gasteiger partial charge in [-0.1, -0.05) is 12.1 Å². The molecule has 2 aliphatic heterocycles. The molecule has 4 rings (SSSR count). The Labute approximate surface area is 211 Å². The van der Waals surface area contributed by atoms with Crippen molar-refractivity contribution in [2.24, 2.45) is 0 Å². The summed E-state index contributed by atoms with van der Waals surface area (Å²) in [6.45, 7) is 5.50. The average molecular weight is 525 g/mol. The number of hydrogen-bond acceptors (Lipinski definition) is 6. The minimum absolute atomic E-state index is 0.00115. The smallest absolute Gasteiger partial charge is 0.228 e. The molecular formula is C24H33FN4O4S2. The summed E-state index contributed by atoms with van der Waals surface area (Å²) < 4.78 is 53.5. The molecule has 1 aromatic heterocycles. The molecule has 0 unspecified atom stereocenters. The van der Waals surface area contributed by atoms with Gasteiger partial charge in [0, 0.05) is 26.3 Å². The lowest BCUT2D eigenvalue weighted by atomic mass is 10.2. The number of sulfone groups is 1. The van der Waals surface area contributed by atoms with Crippen molar-refractivity contribution in [2.75, 3.05) is 26.3 Å². The van der Waals surface area contributed by atoms with Gasteiger partial charge in [-0.15, -0.1) is 0 Å². The Hall–Kier alpha value is -2.08. The zero-order chi connectivity index (χ0) is 24.8. The first-order chi connectivity index (χ1) is 16.9. The van der Waals surface area contributed by atoms with Crippen LogP contribution in [0.25, 0.3) is 0 Å². The van der Waals surface area contributed by atoms with Crippen LogP contribution in [0.4, 0.5) is 4.39 Å². The third-order valence-electron chi connectivity index (χ3n) is 6.28. The second-order valence-electron chi connectivity index (χ2n) is 9.01. The van der Waals surface area contributed by atoms with Gasteiger partial charge in [0.05, 0.1) is 42.9 Å². The Morgan fingerprint density at radius 3 is 2.51 bits per heavy atom. The van der Waals surface area contributed by atoms with Gasteiger partial charge in [0.1, 0.15) is 5.82 Å². The lowest BCUT2D eigenvalue weighted by Gasteiger charge is -2.28. The van der Waals surface area contributed by atoms with Crippen molar-refractivity contribution in [2.45, 2.75) is 68.8 Å². The summed E-state index contributed by atoms with van der Waals surface area (Å²) >= 11 is 5.63. The molecule has 11 heteroatoms. The van der Waals surface area contributed by atoms with E-state index in [0.29, 0.717) is 43.5 Å². The van der Waals surface area contributed by atoms with Crippen LogP contribution in [0.15, 0.2) is 35.6 Å². The van der Waals surface area contributed by atoms with Crippen LogP contribution < -0.4 is 5.32 Å². The van der Waals surface area contributed by atoms with Crippen molar-refractivity contribution in [3.63, 3.8) is 0 Å². The largest absolute Gasteiger partial charge is 0.376 e. The number of benzene rings is 1. The number of aromatic nitrogens is 2. The summed E-state index contributed by atoms with van der Waals surface area (Å²) in [7, 11) is -3.78. The second-order valence-corrected chi connectivity index (χ2v) is 11.3. The molecule has 0 bridgehead atoms. The van der Waals surface area contributed by atoms with Gasteiger partial charge < -0.3 is 24.3 Å². The Kier molecular flexibility index (Phi) is 8.74. The van der Waals surface area contributed by atoms with Gasteiger partial charge in [0.25, 0.3) is 0 Å². The predicted molar refractivity (Wildman–Crippen MR) is 134 cm³/mol. The van der Waals surface area contributed by atoms with Gasteiger partial charge >= 0.3 is 0 Å². The Morgan fingerprint density at radius 1 is 1.20 bits per heavy atom. The lowest BCUT2D eigenvalue weighted by Crippen LogP contribution is -2.43. The van der Waals surface area contributed by atoms with Crippen LogP contribution in [-0.2, 0) is 38.2 Å². The molecule has 2 aromatic rings. The minimum atomic E-state index is -3.78. The van der Waals surface area contributed by atoms with Crippen LogP contribution in [0, 0.1) is 5.82 Å². The Balaban J connectivity index is 1.62. The van der Waals surface area contributed by atoms with Gasteiger partial charge in [-0.25, -0.2) is 17.8 Å². The molecule has 35 heavy (non-hydrogen) atoms. The first-order valence-corrected chi connectivity index (χ1v) is 14.2. The van der Waals surface area contributed by atoms with Crippen LogP contribution >= 0.6 is 12.2 Å². The molecule has 0 radical (unpaired) electrons. The van der Waals surface area contributed by atoms with Crippen LogP contribution in [0.1, 0.15) is 43.9 Å². The molecule has 2 fully saturated rings. The number of ether oxygens (including phenoxy) is 2. The molecular weight excluding hydrogens is 491 g/mol. The monoisotopic (exact) mass is 524 g/mol. The molecule has 1 N–H and O–H groups in total. The third-order valence-corrected chi connectivity index (χ3v) is 8.27. The van der Waals surface area contributed by atoms with Crippen LogP contribution in [0.3, 0.4) is 0 Å². The van der Waals surface area contributed by atoms with E-state index in [0.717, 1.165) is 38.0 Å². The van der Waals surface area contributed by atoms with E-state index < -0.39 is 15.7 Å². The molecule has 2 atom stereocenters. The van der Waals surface area contributed by atoms with E-state index in [4.69, 9.17) is 21.7 Å². The fourth-order valence-corrected chi connectivity index (χ4v) is 6.31. The highest BCUT2D eigenvalue weighted by Crippen LogP contribution is 2.23. The topological polar surface area (TPSA) is 85.7 Å². The molecule has 0 amide bonds. The number of nitrogens with one attached hydrogen (secondary N) is 1. The maximum atomic E-state index is 13.4. The van der Waals surface area contributed by atoms with E-state index in [9.17, 15) is 12.8 Å². The highest BCUT2D eigenvalue weighted by atomic mass is 32.2. The van der Waals surface area contributed by atoms with Crippen LogP contribution in [0.5, 0.6) is 0 Å². The van der Waals surface area contributed by atoms with Crippen molar-refractivity contribution < 1.29 is 22.3 Å². The van der Waals surface area contributed by atoms with Crippen molar-refractivity contribution in [3.8, 4) is 0 Å². The number of rotatable bonds is 10. The quantitative estimate of drug-likeness (QED) is 0.475. The summed E-state index contributed by atoms with van der Waals surface area (Å²) in [4.78, 5) is 6.38. The number of imidazole rings is 1. The molecule has 8 nitrogen and oxygen atoms in total. The summed E-state index contributed by atoms with van der Waals surface area (Å²) in [6.07, 6.45) is 5.43. The van der Waals surface area contributed by atoms with E-state index >= 15 is 0 Å². The highest BCUT2D eigenvalue weighted by Gasteiger charge is 2.29. The molecule has 3 heterocycles.